The molecule has 9 heteroatoms. The van der Waals surface area contributed by atoms with Crippen LogP contribution in [0, 0.1) is 0 Å². The van der Waals surface area contributed by atoms with Crippen LogP contribution in [0.4, 0.5) is 17.8 Å². The normalized spacial score (nSPS) is 20.2. The molecular weight excluding hydrogens is 292 g/mol. The molecule has 0 bridgehead atoms. The van der Waals surface area contributed by atoms with Crippen LogP contribution in [0.5, 0.6) is 0 Å². The maximum Gasteiger partial charge on any atom is 0.231 e. The van der Waals surface area contributed by atoms with Crippen molar-refractivity contribution in [1.29, 1.82) is 0 Å². The molecule has 0 spiro atoms. The van der Waals surface area contributed by atoms with Crippen LogP contribution in [-0.2, 0) is 9.84 Å². The van der Waals surface area contributed by atoms with E-state index in [1.54, 1.807) is 7.05 Å². The number of nitrogens with zero attached hydrogens (tertiary/aromatic N) is 4. The largest absolute Gasteiger partial charge is 0.357 e. The van der Waals surface area contributed by atoms with E-state index in [1.165, 1.54) is 0 Å². The third kappa shape index (κ3) is 3.93. The molecule has 21 heavy (non-hydrogen) atoms. The minimum absolute atomic E-state index is 0.133. The maximum absolute atomic E-state index is 11.5. The summed E-state index contributed by atoms with van der Waals surface area (Å²) in [6.45, 7) is 5.65. The van der Waals surface area contributed by atoms with Gasteiger partial charge in [0.2, 0.25) is 17.8 Å². The molecule has 1 atom stereocenters. The van der Waals surface area contributed by atoms with E-state index < -0.39 is 9.84 Å². The van der Waals surface area contributed by atoms with Gasteiger partial charge in [-0.25, -0.2) is 8.42 Å². The van der Waals surface area contributed by atoms with Crippen LogP contribution in [0.15, 0.2) is 0 Å². The van der Waals surface area contributed by atoms with Gasteiger partial charge < -0.3 is 15.5 Å². The van der Waals surface area contributed by atoms with Crippen molar-refractivity contribution in [3.63, 3.8) is 0 Å². The molecule has 1 saturated heterocycles. The summed E-state index contributed by atoms with van der Waals surface area (Å²) in [7, 11) is -1.19. The second-order valence-electron chi connectivity index (χ2n) is 4.95. The van der Waals surface area contributed by atoms with Crippen LogP contribution in [0.25, 0.3) is 0 Å². The predicted octanol–water partition coefficient (Wildman–Crippen LogP) is 0.359. The molecule has 0 saturated carbocycles. The van der Waals surface area contributed by atoms with E-state index in [0.717, 1.165) is 13.1 Å². The predicted molar refractivity (Wildman–Crippen MR) is 83.6 cm³/mol. The number of hydrogen-bond donors (Lipinski definition) is 2. The molecule has 8 nitrogen and oxygen atoms in total. The van der Waals surface area contributed by atoms with Gasteiger partial charge in [-0.1, -0.05) is 0 Å². The lowest BCUT2D eigenvalue weighted by Gasteiger charge is -2.20. The molecule has 0 radical (unpaired) electrons. The number of rotatable bonds is 6. The second kappa shape index (κ2) is 6.42. The van der Waals surface area contributed by atoms with Crippen LogP contribution in [0.1, 0.15) is 20.3 Å². The van der Waals surface area contributed by atoms with Gasteiger partial charge in [0.25, 0.3) is 0 Å². The van der Waals surface area contributed by atoms with Crippen molar-refractivity contribution in [3.05, 3.63) is 0 Å². The average molecular weight is 314 g/mol. The fourth-order valence-corrected chi connectivity index (χ4v) is 3.95. The lowest BCUT2D eigenvalue weighted by atomic mass is 10.3. The van der Waals surface area contributed by atoms with Crippen molar-refractivity contribution < 1.29 is 8.42 Å². The van der Waals surface area contributed by atoms with Gasteiger partial charge in [0, 0.05) is 26.2 Å². The Balaban J connectivity index is 2.21. The smallest absolute Gasteiger partial charge is 0.231 e. The van der Waals surface area contributed by atoms with E-state index in [1.807, 2.05) is 18.7 Å². The summed E-state index contributed by atoms with van der Waals surface area (Å²) in [5.41, 5.74) is 0. The summed E-state index contributed by atoms with van der Waals surface area (Å²) in [4.78, 5) is 15.0. The maximum atomic E-state index is 11.5. The first kappa shape index (κ1) is 15.7. The van der Waals surface area contributed by atoms with Crippen molar-refractivity contribution in [2.45, 2.75) is 26.3 Å². The van der Waals surface area contributed by atoms with Crippen molar-refractivity contribution in [2.24, 2.45) is 0 Å². The molecule has 2 heterocycles. The first-order valence-corrected chi connectivity index (χ1v) is 8.95. The highest BCUT2D eigenvalue weighted by Crippen LogP contribution is 2.18. The quantitative estimate of drug-likeness (QED) is 0.776. The van der Waals surface area contributed by atoms with Gasteiger partial charge in [-0.15, -0.1) is 0 Å². The molecule has 1 fully saturated rings. The number of anilines is 3. The fraction of sp³-hybridized carbons (Fsp3) is 0.750. The molecule has 1 aliphatic rings. The molecule has 2 rings (SSSR count). The number of sulfone groups is 1. The SMILES string of the molecule is CCN(CC)c1nc(NC)nc(NC2CCS(=O)(=O)C2)n1. The lowest BCUT2D eigenvalue weighted by Crippen LogP contribution is -2.27. The Morgan fingerprint density at radius 3 is 2.38 bits per heavy atom. The van der Waals surface area contributed by atoms with Gasteiger partial charge in [0.1, 0.15) is 0 Å². The molecular formula is C12H22N6O2S. The minimum atomic E-state index is -2.93. The molecule has 2 N–H and O–H groups in total. The van der Waals surface area contributed by atoms with Crippen LogP contribution in [-0.4, -0.2) is 61.1 Å². The van der Waals surface area contributed by atoms with Crippen molar-refractivity contribution in [2.75, 3.05) is 47.2 Å². The van der Waals surface area contributed by atoms with Gasteiger partial charge in [0.05, 0.1) is 11.5 Å². The summed E-state index contributed by atoms with van der Waals surface area (Å²) < 4.78 is 23.0. The van der Waals surface area contributed by atoms with Gasteiger partial charge >= 0.3 is 0 Å². The Kier molecular flexibility index (Phi) is 4.81. The summed E-state index contributed by atoms with van der Waals surface area (Å²) in [6.07, 6.45) is 0.587. The van der Waals surface area contributed by atoms with E-state index in [2.05, 4.69) is 25.6 Å². The molecule has 1 unspecified atom stereocenters. The Morgan fingerprint density at radius 2 is 1.86 bits per heavy atom. The van der Waals surface area contributed by atoms with Crippen molar-refractivity contribution in [1.82, 2.24) is 15.0 Å². The summed E-state index contributed by atoms with van der Waals surface area (Å²) in [6, 6.07) is -0.133. The highest BCUT2D eigenvalue weighted by molar-refractivity contribution is 7.91. The summed E-state index contributed by atoms with van der Waals surface area (Å²) in [5.74, 6) is 1.82. The van der Waals surface area contributed by atoms with Crippen LogP contribution in [0.3, 0.4) is 0 Å². The van der Waals surface area contributed by atoms with Crippen molar-refractivity contribution in [3.8, 4) is 0 Å². The third-order valence-electron chi connectivity index (χ3n) is 3.46. The lowest BCUT2D eigenvalue weighted by molar-refractivity contribution is 0.602. The first-order valence-electron chi connectivity index (χ1n) is 7.13. The van der Waals surface area contributed by atoms with Crippen molar-refractivity contribution >= 4 is 27.7 Å². The number of aromatic nitrogens is 3. The fourth-order valence-electron chi connectivity index (χ4n) is 2.28. The summed E-state index contributed by atoms with van der Waals surface area (Å²) in [5, 5.41) is 6.01. The zero-order valence-corrected chi connectivity index (χ0v) is 13.4. The van der Waals surface area contributed by atoms with Gasteiger partial charge in [-0.3, -0.25) is 0 Å². The molecule has 1 aromatic rings. The number of hydrogen-bond acceptors (Lipinski definition) is 8. The molecule has 0 amide bonds. The Labute approximate surface area is 125 Å². The van der Waals surface area contributed by atoms with Crippen LogP contribution < -0.4 is 15.5 Å². The topological polar surface area (TPSA) is 100 Å². The Bertz CT molecular complexity index is 587. The second-order valence-corrected chi connectivity index (χ2v) is 7.18. The molecule has 0 aromatic carbocycles. The molecule has 118 valence electrons. The zero-order chi connectivity index (χ0) is 15.5. The molecule has 1 aromatic heterocycles. The van der Waals surface area contributed by atoms with Gasteiger partial charge in [0.15, 0.2) is 9.84 Å². The van der Waals surface area contributed by atoms with E-state index in [-0.39, 0.29) is 17.5 Å². The van der Waals surface area contributed by atoms with Crippen LogP contribution in [0.2, 0.25) is 0 Å². The third-order valence-corrected chi connectivity index (χ3v) is 5.23. The standard InChI is InChI=1S/C12H22N6O2S/c1-4-18(5-2)12-16-10(13-3)15-11(17-12)14-9-6-7-21(19,20)8-9/h9H,4-8H2,1-3H3,(H2,13,14,15,16,17). The monoisotopic (exact) mass is 314 g/mol. The van der Waals surface area contributed by atoms with E-state index in [9.17, 15) is 8.42 Å². The average Bonchev–Trinajstić information content (AvgIpc) is 2.79. The van der Waals surface area contributed by atoms with Gasteiger partial charge in [-0.2, -0.15) is 15.0 Å². The Morgan fingerprint density at radius 1 is 1.19 bits per heavy atom. The number of nitrogens with one attached hydrogen (secondary N) is 2. The van der Waals surface area contributed by atoms with E-state index in [4.69, 9.17) is 0 Å². The van der Waals surface area contributed by atoms with E-state index >= 15 is 0 Å². The molecule has 0 aliphatic carbocycles. The van der Waals surface area contributed by atoms with E-state index in [0.29, 0.717) is 24.3 Å². The first-order chi connectivity index (χ1) is 9.97. The Hall–Kier alpha value is -1.64. The zero-order valence-electron chi connectivity index (χ0n) is 12.6. The minimum Gasteiger partial charge on any atom is -0.357 e. The van der Waals surface area contributed by atoms with Crippen LogP contribution >= 0.6 is 0 Å². The van der Waals surface area contributed by atoms with Gasteiger partial charge in [-0.05, 0) is 20.3 Å². The highest BCUT2D eigenvalue weighted by atomic mass is 32.2. The summed E-state index contributed by atoms with van der Waals surface area (Å²) >= 11 is 0. The molecule has 1 aliphatic heterocycles. The highest BCUT2D eigenvalue weighted by Gasteiger charge is 2.28.